The lowest BCUT2D eigenvalue weighted by Gasteiger charge is -2.26. The summed E-state index contributed by atoms with van der Waals surface area (Å²) in [5.74, 6) is 2.04. The molecule has 34 heavy (non-hydrogen) atoms. The summed E-state index contributed by atoms with van der Waals surface area (Å²) in [4.78, 5) is 32.1. The zero-order valence-corrected chi connectivity index (χ0v) is 18.9. The summed E-state index contributed by atoms with van der Waals surface area (Å²) in [6.07, 6.45) is 4.19. The maximum Gasteiger partial charge on any atom is 0.251 e. The second-order valence-corrected chi connectivity index (χ2v) is 8.93. The summed E-state index contributed by atoms with van der Waals surface area (Å²) in [7, 11) is 0. The third-order valence-corrected chi connectivity index (χ3v) is 6.38. The van der Waals surface area contributed by atoms with E-state index in [-0.39, 0.29) is 5.91 Å². The first-order valence-electron chi connectivity index (χ1n) is 11.8. The SMILES string of the molecule is O=C(NCCN1CCOCC1)c1ccc2cnc(Nc3ccc4nc(C5CC5)[nH]c4c3)nc2c1. The molecule has 2 aromatic heterocycles. The Morgan fingerprint density at radius 1 is 1.09 bits per heavy atom. The van der Waals surface area contributed by atoms with Gasteiger partial charge in [-0.3, -0.25) is 9.69 Å². The minimum absolute atomic E-state index is 0.0977. The Kier molecular flexibility index (Phi) is 5.56. The van der Waals surface area contributed by atoms with Crippen LogP contribution in [0, 0.1) is 0 Å². The van der Waals surface area contributed by atoms with Crippen molar-refractivity contribution in [1.29, 1.82) is 0 Å². The Labute approximate surface area is 196 Å². The van der Waals surface area contributed by atoms with E-state index < -0.39 is 0 Å². The Morgan fingerprint density at radius 3 is 2.82 bits per heavy atom. The highest BCUT2D eigenvalue weighted by molar-refractivity contribution is 5.97. The zero-order valence-electron chi connectivity index (χ0n) is 18.9. The topological polar surface area (TPSA) is 108 Å². The summed E-state index contributed by atoms with van der Waals surface area (Å²) in [5, 5.41) is 7.17. The van der Waals surface area contributed by atoms with Crippen molar-refractivity contribution in [2.75, 3.05) is 44.7 Å². The van der Waals surface area contributed by atoms with E-state index in [1.807, 2.05) is 36.4 Å². The highest BCUT2D eigenvalue weighted by atomic mass is 16.5. The largest absolute Gasteiger partial charge is 0.379 e. The Morgan fingerprint density at radius 2 is 1.97 bits per heavy atom. The number of rotatable bonds is 7. The molecule has 0 atom stereocenters. The quantitative estimate of drug-likeness (QED) is 0.391. The Bertz CT molecular complexity index is 1340. The van der Waals surface area contributed by atoms with Crippen molar-refractivity contribution in [3.05, 3.63) is 54.0 Å². The molecule has 0 bridgehead atoms. The minimum Gasteiger partial charge on any atom is -0.379 e. The number of fused-ring (bicyclic) bond motifs is 2. The van der Waals surface area contributed by atoms with Gasteiger partial charge in [-0.2, -0.15) is 0 Å². The molecule has 3 heterocycles. The van der Waals surface area contributed by atoms with Gasteiger partial charge in [-0.05, 0) is 43.2 Å². The lowest BCUT2D eigenvalue weighted by molar-refractivity contribution is 0.0383. The molecule has 1 amide bonds. The monoisotopic (exact) mass is 457 g/mol. The van der Waals surface area contributed by atoms with E-state index >= 15 is 0 Å². The van der Waals surface area contributed by atoms with E-state index in [0.717, 1.165) is 66.3 Å². The van der Waals surface area contributed by atoms with Crippen molar-refractivity contribution in [2.24, 2.45) is 0 Å². The highest BCUT2D eigenvalue weighted by Crippen LogP contribution is 2.39. The number of carbonyl (C=O) groups excluding carboxylic acids is 1. The van der Waals surface area contributed by atoms with Crippen LogP contribution in [0.3, 0.4) is 0 Å². The molecule has 1 saturated heterocycles. The summed E-state index contributed by atoms with van der Waals surface area (Å²) >= 11 is 0. The average Bonchev–Trinajstić information content (AvgIpc) is 3.63. The summed E-state index contributed by atoms with van der Waals surface area (Å²) < 4.78 is 5.36. The van der Waals surface area contributed by atoms with Gasteiger partial charge in [-0.25, -0.2) is 15.0 Å². The number of morpholine rings is 1. The average molecular weight is 458 g/mol. The first kappa shape index (κ1) is 21.0. The first-order chi connectivity index (χ1) is 16.7. The summed E-state index contributed by atoms with van der Waals surface area (Å²) in [5.41, 5.74) is 4.16. The van der Waals surface area contributed by atoms with Crippen LogP contribution in [0.1, 0.15) is 34.9 Å². The number of hydrogen-bond acceptors (Lipinski definition) is 7. The predicted octanol–water partition coefficient (Wildman–Crippen LogP) is 3.19. The van der Waals surface area contributed by atoms with Gasteiger partial charge in [0.25, 0.3) is 5.91 Å². The van der Waals surface area contributed by atoms with Gasteiger partial charge in [0.15, 0.2) is 0 Å². The molecule has 1 aliphatic carbocycles. The van der Waals surface area contributed by atoms with Crippen LogP contribution in [0.2, 0.25) is 0 Å². The third kappa shape index (κ3) is 4.57. The van der Waals surface area contributed by atoms with Crippen LogP contribution in [0.4, 0.5) is 11.6 Å². The fourth-order valence-corrected chi connectivity index (χ4v) is 4.27. The fraction of sp³-hybridized carbons (Fsp3) is 0.360. The van der Waals surface area contributed by atoms with Gasteiger partial charge in [0.2, 0.25) is 5.95 Å². The minimum atomic E-state index is -0.0977. The zero-order chi connectivity index (χ0) is 22.9. The van der Waals surface area contributed by atoms with Gasteiger partial charge in [-0.1, -0.05) is 6.07 Å². The van der Waals surface area contributed by atoms with Crippen LogP contribution in [0.15, 0.2) is 42.6 Å². The molecule has 1 aliphatic heterocycles. The molecule has 0 radical (unpaired) electrons. The van der Waals surface area contributed by atoms with Crippen LogP contribution in [-0.4, -0.2) is 70.1 Å². The predicted molar refractivity (Wildman–Crippen MR) is 130 cm³/mol. The molecule has 0 unspecified atom stereocenters. The second-order valence-electron chi connectivity index (χ2n) is 8.93. The summed E-state index contributed by atoms with van der Waals surface area (Å²) in [6, 6.07) is 11.5. The number of nitrogens with zero attached hydrogens (tertiary/aromatic N) is 4. The molecule has 2 aliphatic rings. The van der Waals surface area contributed by atoms with Crippen molar-refractivity contribution >= 4 is 39.5 Å². The molecule has 2 aromatic carbocycles. The van der Waals surface area contributed by atoms with Crippen molar-refractivity contribution in [3.63, 3.8) is 0 Å². The number of anilines is 2. The number of aromatic amines is 1. The molecule has 1 saturated carbocycles. The van der Waals surface area contributed by atoms with E-state index in [9.17, 15) is 4.79 Å². The van der Waals surface area contributed by atoms with E-state index in [2.05, 4.69) is 35.5 Å². The van der Waals surface area contributed by atoms with Gasteiger partial charge >= 0.3 is 0 Å². The molecular weight excluding hydrogens is 430 g/mol. The van der Waals surface area contributed by atoms with Crippen LogP contribution in [0.5, 0.6) is 0 Å². The highest BCUT2D eigenvalue weighted by Gasteiger charge is 2.26. The number of amides is 1. The number of benzene rings is 2. The number of H-pyrrole nitrogens is 1. The molecule has 9 heteroatoms. The number of aromatic nitrogens is 4. The molecule has 174 valence electrons. The molecular formula is C25H27N7O2. The fourth-order valence-electron chi connectivity index (χ4n) is 4.27. The number of nitrogens with one attached hydrogen (secondary N) is 3. The van der Waals surface area contributed by atoms with E-state index in [0.29, 0.717) is 24.0 Å². The number of ether oxygens (including phenoxy) is 1. The molecule has 6 rings (SSSR count). The molecule has 4 aromatic rings. The van der Waals surface area contributed by atoms with E-state index in [1.54, 1.807) is 6.20 Å². The summed E-state index contributed by atoms with van der Waals surface area (Å²) in [6.45, 7) is 4.76. The Balaban J connectivity index is 1.14. The van der Waals surface area contributed by atoms with Gasteiger partial charge < -0.3 is 20.4 Å². The smallest absolute Gasteiger partial charge is 0.251 e. The van der Waals surface area contributed by atoms with Crippen LogP contribution >= 0.6 is 0 Å². The van der Waals surface area contributed by atoms with Crippen LogP contribution in [-0.2, 0) is 4.74 Å². The normalized spacial score (nSPS) is 16.7. The number of imidazole rings is 1. The molecule has 3 N–H and O–H groups in total. The molecule has 0 spiro atoms. The van der Waals surface area contributed by atoms with Crippen molar-refractivity contribution in [1.82, 2.24) is 30.2 Å². The van der Waals surface area contributed by atoms with Crippen molar-refractivity contribution in [2.45, 2.75) is 18.8 Å². The maximum absolute atomic E-state index is 12.7. The van der Waals surface area contributed by atoms with E-state index in [1.165, 1.54) is 12.8 Å². The van der Waals surface area contributed by atoms with Crippen LogP contribution < -0.4 is 10.6 Å². The first-order valence-corrected chi connectivity index (χ1v) is 11.8. The van der Waals surface area contributed by atoms with Gasteiger partial charge in [-0.15, -0.1) is 0 Å². The van der Waals surface area contributed by atoms with E-state index in [4.69, 9.17) is 4.74 Å². The van der Waals surface area contributed by atoms with Crippen molar-refractivity contribution in [3.8, 4) is 0 Å². The van der Waals surface area contributed by atoms with Gasteiger partial charge in [0.05, 0.1) is 29.8 Å². The van der Waals surface area contributed by atoms with Crippen molar-refractivity contribution < 1.29 is 9.53 Å². The lowest BCUT2D eigenvalue weighted by atomic mass is 10.1. The van der Waals surface area contributed by atoms with Gasteiger partial charge in [0.1, 0.15) is 5.82 Å². The van der Waals surface area contributed by atoms with Gasteiger partial charge in [0, 0.05) is 54.9 Å². The molecule has 9 nitrogen and oxygen atoms in total. The number of carbonyl (C=O) groups is 1. The lowest BCUT2D eigenvalue weighted by Crippen LogP contribution is -2.41. The second kappa shape index (κ2) is 9.00. The van der Waals surface area contributed by atoms with Crippen LogP contribution in [0.25, 0.3) is 21.9 Å². The standard InChI is InChI=1S/C25H27N7O2/c33-24(26-7-8-32-9-11-34-12-10-32)17-3-4-18-15-27-25(31-21(18)13-17)28-19-5-6-20-22(14-19)30-23(29-20)16-1-2-16/h3-6,13-16H,1-2,7-12H2,(H,26,33)(H,29,30)(H,27,28,31). The molecule has 2 fully saturated rings. The number of hydrogen-bond donors (Lipinski definition) is 3. The third-order valence-electron chi connectivity index (χ3n) is 6.38. The maximum atomic E-state index is 12.7. The Hall–Kier alpha value is -3.56.